The summed E-state index contributed by atoms with van der Waals surface area (Å²) in [6.07, 6.45) is 8.35. The second kappa shape index (κ2) is 7.47. The normalized spacial score (nSPS) is 17.6. The van der Waals surface area contributed by atoms with Crippen molar-refractivity contribution in [1.29, 1.82) is 0 Å². The third-order valence-electron chi connectivity index (χ3n) is 4.81. The number of nitrogens with zero attached hydrogens (tertiary/aromatic N) is 2. The summed E-state index contributed by atoms with van der Waals surface area (Å²) in [7, 11) is 0. The van der Waals surface area contributed by atoms with Crippen molar-refractivity contribution >= 4 is 17.3 Å². The van der Waals surface area contributed by atoms with E-state index >= 15 is 0 Å². The number of nitrogens with one attached hydrogen (secondary N) is 1. The van der Waals surface area contributed by atoms with Crippen LogP contribution >= 0.6 is 0 Å². The van der Waals surface area contributed by atoms with Crippen molar-refractivity contribution < 1.29 is 4.79 Å². The van der Waals surface area contributed by atoms with Crippen LogP contribution in [0.4, 0.5) is 11.4 Å². The smallest absolute Gasteiger partial charge is 0.257 e. The van der Waals surface area contributed by atoms with E-state index in [-0.39, 0.29) is 5.91 Å². The van der Waals surface area contributed by atoms with Crippen LogP contribution in [0.1, 0.15) is 48.5 Å². The molecule has 0 saturated carbocycles. The van der Waals surface area contributed by atoms with Crippen LogP contribution in [0.5, 0.6) is 0 Å². The summed E-state index contributed by atoms with van der Waals surface area (Å²) >= 11 is 0. The number of benzene rings is 1. The predicted molar refractivity (Wildman–Crippen MR) is 98.6 cm³/mol. The monoisotopic (exact) mass is 323 g/mol. The number of rotatable bonds is 4. The molecule has 1 aliphatic rings. The molecule has 0 aliphatic carbocycles. The number of aryl methyl sites for hydroxylation is 1. The molecule has 1 amide bonds. The van der Waals surface area contributed by atoms with Crippen molar-refractivity contribution in [3.63, 3.8) is 0 Å². The van der Waals surface area contributed by atoms with Crippen molar-refractivity contribution in [2.45, 2.75) is 45.6 Å². The maximum atomic E-state index is 12.6. The van der Waals surface area contributed by atoms with Crippen LogP contribution in [-0.4, -0.2) is 23.5 Å². The molecule has 1 aromatic carbocycles. The van der Waals surface area contributed by atoms with Gasteiger partial charge in [-0.05, 0) is 50.3 Å². The van der Waals surface area contributed by atoms with Gasteiger partial charge in [0, 0.05) is 24.5 Å². The Balaban J connectivity index is 1.79. The molecule has 126 valence electrons. The second-order valence-corrected chi connectivity index (χ2v) is 6.45. The van der Waals surface area contributed by atoms with Gasteiger partial charge in [-0.25, -0.2) is 0 Å². The van der Waals surface area contributed by atoms with Crippen LogP contribution in [-0.2, 0) is 0 Å². The Morgan fingerprint density at radius 3 is 2.92 bits per heavy atom. The fourth-order valence-electron chi connectivity index (χ4n) is 3.38. The zero-order valence-corrected chi connectivity index (χ0v) is 14.5. The first-order valence-corrected chi connectivity index (χ1v) is 8.77. The SMILES string of the molecule is CCC1CCCCN1c1cncc(C(=O)Nc2ccccc2C)c1. The lowest BCUT2D eigenvalue weighted by molar-refractivity contribution is 0.102. The summed E-state index contributed by atoms with van der Waals surface area (Å²) in [4.78, 5) is 19.3. The van der Waals surface area contributed by atoms with Crippen LogP contribution in [0.2, 0.25) is 0 Å². The molecule has 0 bridgehead atoms. The molecule has 0 spiro atoms. The number of pyridine rings is 1. The maximum absolute atomic E-state index is 12.6. The number of piperidine rings is 1. The lowest BCUT2D eigenvalue weighted by atomic mass is 9.99. The van der Waals surface area contributed by atoms with Crippen molar-refractivity contribution in [3.05, 3.63) is 53.9 Å². The zero-order chi connectivity index (χ0) is 16.9. The molecular formula is C20H25N3O. The maximum Gasteiger partial charge on any atom is 0.257 e. The molecule has 0 radical (unpaired) electrons. The highest BCUT2D eigenvalue weighted by atomic mass is 16.1. The minimum atomic E-state index is -0.108. The number of amides is 1. The van der Waals surface area contributed by atoms with E-state index in [1.807, 2.05) is 43.5 Å². The Kier molecular flexibility index (Phi) is 5.14. The molecule has 1 aliphatic heterocycles. The van der Waals surface area contributed by atoms with E-state index in [0.717, 1.165) is 29.9 Å². The van der Waals surface area contributed by atoms with Gasteiger partial charge in [-0.2, -0.15) is 0 Å². The highest BCUT2D eigenvalue weighted by Gasteiger charge is 2.22. The Morgan fingerprint density at radius 1 is 1.29 bits per heavy atom. The number of hydrogen-bond donors (Lipinski definition) is 1. The lowest BCUT2D eigenvalue weighted by Gasteiger charge is -2.37. The molecule has 24 heavy (non-hydrogen) atoms. The second-order valence-electron chi connectivity index (χ2n) is 6.45. The van der Waals surface area contributed by atoms with Crippen LogP contribution < -0.4 is 10.2 Å². The van der Waals surface area contributed by atoms with Crippen LogP contribution in [0.15, 0.2) is 42.7 Å². The third-order valence-corrected chi connectivity index (χ3v) is 4.81. The van der Waals surface area contributed by atoms with Gasteiger partial charge < -0.3 is 10.2 Å². The van der Waals surface area contributed by atoms with Crippen LogP contribution in [0, 0.1) is 6.92 Å². The minimum Gasteiger partial charge on any atom is -0.367 e. The number of carbonyl (C=O) groups excluding carboxylic acids is 1. The highest BCUT2D eigenvalue weighted by molar-refractivity contribution is 6.04. The molecule has 1 N–H and O–H groups in total. The first-order valence-electron chi connectivity index (χ1n) is 8.77. The van der Waals surface area contributed by atoms with Crippen molar-refractivity contribution in [2.24, 2.45) is 0 Å². The molecule has 3 rings (SSSR count). The van der Waals surface area contributed by atoms with Gasteiger partial charge >= 0.3 is 0 Å². The number of carbonyl (C=O) groups is 1. The van der Waals surface area contributed by atoms with Crippen LogP contribution in [0.3, 0.4) is 0 Å². The number of aromatic nitrogens is 1. The molecule has 1 atom stereocenters. The molecule has 4 nitrogen and oxygen atoms in total. The zero-order valence-electron chi connectivity index (χ0n) is 14.5. The van der Waals surface area contributed by atoms with Crippen LogP contribution in [0.25, 0.3) is 0 Å². The Morgan fingerprint density at radius 2 is 2.12 bits per heavy atom. The van der Waals surface area contributed by atoms with Gasteiger partial charge in [0.15, 0.2) is 0 Å². The third kappa shape index (κ3) is 3.58. The summed E-state index contributed by atoms with van der Waals surface area (Å²) in [5.74, 6) is -0.108. The van der Waals surface area contributed by atoms with E-state index < -0.39 is 0 Å². The van der Waals surface area contributed by atoms with Crippen molar-refractivity contribution in [1.82, 2.24) is 4.98 Å². The van der Waals surface area contributed by atoms with E-state index in [4.69, 9.17) is 0 Å². The Labute approximate surface area is 143 Å². The summed E-state index contributed by atoms with van der Waals surface area (Å²) < 4.78 is 0. The van der Waals surface area contributed by atoms with Gasteiger partial charge in [-0.1, -0.05) is 25.1 Å². The predicted octanol–water partition coefficient (Wildman–Crippen LogP) is 4.41. The molecular weight excluding hydrogens is 298 g/mol. The van der Waals surface area contributed by atoms with Gasteiger partial charge in [0.05, 0.1) is 17.4 Å². The first kappa shape index (κ1) is 16.5. The molecule has 1 unspecified atom stereocenters. The number of anilines is 2. The molecule has 2 aromatic rings. The largest absolute Gasteiger partial charge is 0.367 e. The van der Waals surface area contributed by atoms with Gasteiger partial charge in [-0.3, -0.25) is 9.78 Å². The lowest BCUT2D eigenvalue weighted by Crippen LogP contribution is -2.39. The topological polar surface area (TPSA) is 45.2 Å². The fourth-order valence-corrected chi connectivity index (χ4v) is 3.38. The highest BCUT2D eigenvalue weighted by Crippen LogP contribution is 2.26. The fraction of sp³-hybridized carbons (Fsp3) is 0.400. The summed E-state index contributed by atoms with van der Waals surface area (Å²) in [6, 6.07) is 10.3. The molecule has 1 fully saturated rings. The summed E-state index contributed by atoms with van der Waals surface area (Å²) in [5.41, 5.74) is 3.56. The quantitative estimate of drug-likeness (QED) is 0.906. The van der Waals surface area contributed by atoms with Gasteiger partial charge in [0.25, 0.3) is 5.91 Å². The van der Waals surface area contributed by atoms with Gasteiger partial charge in [0.1, 0.15) is 0 Å². The molecule has 4 heteroatoms. The van der Waals surface area contributed by atoms with Crippen molar-refractivity contribution in [2.75, 3.05) is 16.8 Å². The van der Waals surface area contributed by atoms with E-state index in [1.54, 1.807) is 6.20 Å². The van der Waals surface area contributed by atoms with E-state index in [1.165, 1.54) is 19.3 Å². The average molecular weight is 323 g/mol. The van der Waals surface area contributed by atoms with E-state index in [9.17, 15) is 4.79 Å². The van der Waals surface area contributed by atoms with Gasteiger partial charge in [-0.15, -0.1) is 0 Å². The molecule has 2 heterocycles. The van der Waals surface area contributed by atoms with Crippen molar-refractivity contribution in [3.8, 4) is 0 Å². The number of para-hydroxylation sites is 1. The summed E-state index contributed by atoms with van der Waals surface area (Å²) in [6.45, 7) is 5.26. The standard InChI is InChI=1S/C20H25N3O/c1-3-17-9-6-7-11-23(17)18-12-16(13-21-14-18)20(24)22-19-10-5-4-8-15(19)2/h4-5,8,10,12-14,17H,3,6-7,9,11H2,1-2H3,(H,22,24). The Bertz CT molecular complexity index is 714. The Hall–Kier alpha value is -2.36. The summed E-state index contributed by atoms with van der Waals surface area (Å²) in [5, 5.41) is 2.98. The van der Waals surface area contributed by atoms with E-state index in [2.05, 4.69) is 22.1 Å². The average Bonchev–Trinajstić information content (AvgIpc) is 2.63. The first-order chi connectivity index (χ1) is 11.7. The van der Waals surface area contributed by atoms with E-state index in [0.29, 0.717) is 11.6 Å². The molecule has 1 aromatic heterocycles. The number of hydrogen-bond acceptors (Lipinski definition) is 3. The van der Waals surface area contributed by atoms with Gasteiger partial charge in [0.2, 0.25) is 0 Å². The molecule has 1 saturated heterocycles. The minimum absolute atomic E-state index is 0.108.